The van der Waals surface area contributed by atoms with Crippen molar-refractivity contribution in [2.24, 2.45) is 11.1 Å². The van der Waals surface area contributed by atoms with Crippen molar-refractivity contribution in [1.82, 2.24) is 4.90 Å². The standard InChI is InChI=1S/C12H22N2O/c13-9-11-12(5-8-15-11)3-6-14(7-4-12)10-1-2-10/h10-11H,1-9,13H2. The maximum absolute atomic E-state index is 5.81. The molecule has 0 amide bonds. The molecule has 2 aliphatic heterocycles. The number of likely N-dealkylation sites (tertiary alicyclic amines) is 1. The molecule has 0 radical (unpaired) electrons. The van der Waals surface area contributed by atoms with E-state index in [2.05, 4.69) is 4.90 Å². The van der Waals surface area contributed by atoms with Crippen LogP contribution >= 0.6 is 0 Å². The Balaban J connectivity index is 1.63. The van der Waals surface area contributed by atoms with E-state index in [0.29, 0.717) is 18.1 Å². The zero-order valence-corrected chi connectivity index (χ0v) is 9.45. The van der Waals surface area contributed by atoms with Gasteiger partial charge < -0.3 is 15.4 Å². The van der Waals surface area contributed by atoms with Crippen LogP contribution in [0.3, 0.4) is 0 Å². The van der Waals surface area contributed by atoms with E-state index in [1.165, 1.54) is 45.2 Å². The maximum atomic E-state index is 5.81. The summed E-state index contributed by atoms with van der Waals surface area (Å²) in [7, 11) is 0. The third-order valence-electron chi connectivity index (χ3n) is 4.67. The zero-order chi connectivity index (χ0) is 10.3. The van der Waals surface area contributed by atoms with Crippen LogP contribution in [0.15, 0.2) is 0 Å². The Morgan fingerprint density at radius 2 is 1.93 bits per heavy atom. The highest BCUT2D eigenvalue weighted by Gasteiger charge is 2.46. The van der Waals surface area contributed by atoms with Crippen molar-refractivity contribution >= 4 is 0 Å². The fourth-order valence-corrected chi connectivity index (χ4v) is 3.41. The van der Waals surface area contributed by atoms with Crippen LogP contribution in [-0.2, 0) is 4.74 Å². The van der Waals surface area contributed by atoms with E-state index in [4.69, 9.17) is 10.5 Å². The third-order valence-corrected chi connectivity index (χ3v) is 4.67. The summed E-state index contributed by atoms with van der Waals surface area (Å²) in [6, 6.07) is 0.931. The summed E-state index contributed by atoms with van der Waals surface area (Å²) in [5, 5.41) is 0. The van der Waals surface area contributed by atoms with E-state index in [9.17, 15) is 0 Å². The molecule has 1 atom stereocenters. The van der Waals surface area contributed by atoms with Crippen molar-refractivity contribution in [3.05, 3.63) is 0 Å². The zero-order valence-electron chi connectivity index (χ0n) is 9.45. The fraction of sp³-hybridized carbons (Fsp3) is 1.00. The summed E-state index contributed by atoms with van der Waals surface area (Å²) in [6.45, 7) is 4.21. The molecule has 1 unspecified atom stereocenters. The van der Waals surface area contributed by atoms with E-state index in [1.54, 1.807) is 0 Å². The Bertz CT molecular complexity index is 232. The largest absolute Gasteiger partial charge is 0.376 e. The Hall–Kier alpha value is -0.120. The van der Waals surface area contributed by atoms with E-state index in [1.807, 2.05) is 0 Å². The molecule has 86 valence electrons. The molecule has 0 bridgehead atoms. The number of nitrogens with two attached hydrogens (primary N) is 1. The summed E-state index contributed by atoms with van der Waals surface area (Å²) < 4.78 is 5.76. The number of ether oxygens (including phenoxy) is 1. The van der Waals surface area contributed by atoms with Gasteiger partial charge in [0.2, 0.25) is 0 Å². The average molecular weight is 210 g/mol. The van der Waals surface area contributed by atoms with Crippen LogP contribution in [0.2, 0.25) is 0 Å². The highest BCUT2D eigenvalue weighted by atomic mass is 16.5. The van der Waals surface area contributed by atoms with Gasteiger partial charge in [-0.2, -0.15) is 0 Å². The molecular weight excluding hydrogens is 188 g/mol. The van der Waals surface area contributed by atoms with Gasteiger partial charge in [-0.3, -0.25) is 0 Å². The first-order chi connectivity index (χ1) is 7.34. The molecular formula is C12H22N2O. The van der Waals surface area contributed by atoms with Crippen LogP contribution < -0.4 is 5.73 Å². The smallest absolute Gasteiger partial charge is 0.0755 e. The van der Waals surface area contributed by atoms with Crippen molar-refractivity contribution in [1.29, 1.82) is 0 Å². The van der Waals surface area contributed by atoms with Crippen LogP contribution in [0.25, 0.3) is 0 Å². The Morgan fingerprint density at radius 1 is 1.20 bits per heavy atom. The fourth-order valence-electron chi connectivity index (χ4n) is 3.41. The number of nitrogens with zero attached hydrogens (tertiary/aromatic N) is 1. The van der Waals surface area contributed by atoms with Gasteiger partial charge in [-0.25, -0.2) is 0 Å². The lowest BCUT2D eigenvalue weighted by Crippen LogP contribution is -2.47. The van der Waals surface area contributed by atoms with Crippen molar-refractivity contribution in [3.63, 3.8) is 0 Å². The molecule has 3 fully saturated rings. The number of hydrogen-bond acceptors (Lipinski definition) is 3. The van der Waals surface area contributed by atoms with E-state index < -0.39 is 0 Å². The molecule has 0 aromatic heterocycles. The lowest BCUT2D eigenvalue weighted by atomic mass is 9.73. The minimum absolute atomic E-state index is 0.346. The van der Waals surface area contributed by atoms with Crippen molar-refractivity contribution in [2.75, 3.05) is 26.2 Å². The lowest BCUT2D eigenvalue weighted by Gasteiger charge is -2.42. The van der Waals surface area contributed by atoms with Crippen molar-refractivity contribution in [2.45, 2.75) is 44.2 Å². The van der Waals surface area contributed by atoms with Crippen LogP contribution in [0.4, 0.5) is 0 Å². The van der Waals surface area contributed by atoms with Gasteiger partial charge in [0.25, 0.3) is 0 Å². The minimum Gasteiger partial charge on any atom is -0.376 e. The summed E-state index contributed by atoms with van der Waals surface area (Å²) in [5.74, 6) is 0. The predicted octanol–water partition coefficient (Wildman–Crippen LogP) is 0.979. The molecule has 1 saturated carbocycles. The van der Waals surface area contributed by atoms with Crippen LogP contribution in [0.1, 0.15) is 32.1 Å². The molecule has 3 nitrogen and oxygen atoms in total. The van der Waals surface area contributed by atoms with Gasteiger partial charge in [0.1, 0.15) is 0 Å². The van der Waals surface area contributed by atoms with E-state index >= 15 is 0 Å². The topological polar surface area (TPSA) is 38.5 Å². The van der Waals surface area contributed by atoms with Gasteiger partial charge in [0.05, 0.1) is 6.10 Å². The van der Waals surface area contributed by atoms with E-state index in [0.717, 1.165) is 12.6 Å². The number of piperidine rings is 1. The quantitative estimate of drug-likeness (QED) is 0.738. The second-order valence-corrected chi connectivity index (χ2v) is 5.47. The molecule has 3 heteroatoms. The van der Waals surface area contributed by atoms with Gasteiger partial charge in [-0.05, 0) is 45.2 Å². The second-order valence-electron chi connectivity index (χ2n) is 5.47. The molecule has 2 N–H and O–H groups in total. The first-order valence-electron chi connectivity index (χ1n) is 6.40. The Labute approximate surface area is 91.9 Å². The summed E-state index contributed by atoms with van der Waals surface area (Å²) in [5.41, 5.74) is 6.25. The van der Waals surface area contributed by atoms with Crippen LogP contribution in [0, 0.1) is 5.41 Å². The minimum atomic E-state index is 0.346. The summed E-state index contributed by atoms with van der Waals surface area (Å²) in [4.78, 5) is 2.68. The van der Waals surface area contributed by atoms with Gasteiger partial charge in [-0.1, -0.05) is 0 Å². The molecule has 0 aromatic carbocycles. The number of hydrogen-bond donors (Lipinski definition) is 1. The molecule has 15 heavy (non-hydrogen) atoms. The summed E-state index contributed by atoms with van der Waals surface area (Å²) in [6.07, 6.45) is 7.08. The van der Waals surface area contributed by atoms with Gasteiger partial charge >= 0.3 is 0 Å². The van der Waals surface area contributed by atoms with Crippen LogP contribution in [-0.4, -0.2) is 43.3 Å². The highest BCUT2D eigenvalue weighted by molar-refractivity contribution is 4.98. The Kier molecular flexibility index (Phi) is 2.49. The molecule has 2 heterocycles. The molecule has 3 rings (SSSR count). The molecule has 1 aliphatic carbocycles. The monoisotopic (exact) mass is 210 g/mol. The molecule has 1 spiro atoms. The second kappa shape index (κ2) is 3.72. The Morgan fingerprint density at radius 3 is 2.53 bits per heavy atom. The SMILES string of the molecule is NCC1OCCC12CCN(C1CC1)CC2. The van der Waals surface area contributed by atoms with Crippen LogP contribution in [0.5, 0.6) is 0 Å². The summed E-state index contributed by atoms with van der Waals surface area (Å²) >= 11 is 0. The maximum Gasteiger partial charge on any atom is 0.0755 e. The first-order valence-corrected chi connectivity index (χ1v) is 6.40. The number of rotatable bonds is 2. The average Bonchev–Trinajstić information content (AvgIpc) is 3.03. The van der Waals surface area contributed by atoms with E-state index in [-0.39, 0.29) is 0 Å². The molecule has 0 aromatic rings. The normalized spacial score (nSPS) is 36.2. The van der Waals surface area contributed by atoms with Crippen molar-refractivity contribution in [3.8, 4) is 0 Å². The highest BCUT2D eigenvalue weighted by Crippen LogP contribution is 2.45. The first kappa shape index (κ1) is 10.1. The van der Waals surface area contributed by atoms with Gasteiger partial charge in [0.15, 0.2) is 0 Å². The third kappa shape index (κ3) is 1.71. The predicted molar refractivity (Wildman–Crippen MR) is 59.7 cm³/mol. The molecule has 2 saturated heterocycles. The molecule has 3 aliphatic rings. The lowest BCUT2D eigenvalue weighted by molar-refractivity contribution is 0.0127. The van der Waals surface area contributed by atoms with Gasteiger partial charge in [0, 0.05) is 24.6 Å². The van der Waals surface area contributed by atoms with Gasteiger partial charge in [-0.15, -0.1) is 0 Å². The van der Waals surface area contributed by atoms with Crippen molar-refractivity contribution < 1.29 is 4.74 Å².